The zero-order valence-corrected chi connectivity index (χ0v) is 16.9. The van der Waals surface area contributed by atoms with Gasteiger partial charge in [-0.3, -0.25) is 5.10 Å². The molecular formula is C21H24N4O2S. The predicted molar refractivity (Wildman–Crippen MR) is 113 cm³/mol. The normalized spacial score (nSPS) is 11.1. The first-order valence-electron chi connectivity index (χ1n) is 9.26. The van der Waals surface area contributed by atoms with E-state index in [1.807, 2.05) is 36.4 Å². The molecule has 1 heterocycles. The largest absolute Gasteiger partial charge is 0.493 e. The van der Waals surface area contributed by atoms with Crippen LogP contribution in [0.4, 0.5) is 0 Å². The standard InChI is InChI=1S/C21H24N4O2S/c1-3-7-20-23-24-21(28)25(20)22-15-17-10-11-18(19(14-17)26-2)27-13-12-16-8-5-4-6-9-16/h4-6,8-11,14-15H,3,7,12-13H2,1-2H3,(H,24,28)/b22-15+. The van der Waals surface area contributed by atoms with Crippen LogP contribution in [0.3, 0.4) is 0 Å². The maximum Gasteiger partial charge on any atom is 0.216 e. The molecule has 0 aliphatic carbocycles. The van der Waals surface area contributed by atoms with Gasteiger partial charge in [0.05, 0.1) is 19.9 Å². The zero-order valence-electron chi connectivity index (χ0n) is 16.1. The van der Waals surface area contributed by atoms with Gasteiger partial charge in [0.2, 0.25) is 4.77 Å². The Hall–Kier alpha value is -2.93. The molecule has 0 atom stereocenters. The van der Waals surface area contributed by atoms with Crippen LogP contribution >= 0.6 is 12.2 Å². The number of rotatable bonds is 9. The van der Waals surface area contributed by atoms with Gasteiger partial charge in [0.1, 0.15) is 0 Å². The van der Waals surface area contributed by atoms with E-state index >= 15 is 0 Å². The molecule has 0 unspecified atom stereocenters. The quantitative estimate of drug-likeness (QED) is 0.430. The first-order valence-corrected chi connectivity index (χ1v) is 9.67. The number of hydrogen-bond acceptors (Lipinski definition) is 5. The summed E-state index contributed by atoms with van der Waals surface area (Å²) in [6, 6.07) is 16.0. The molecule has 0 saturated heterocycles. The summed E-state index contributed by atoms with van der Waals surface area (Å²) in [5, 5.41) is 11.5. The topological polar surface area (TPSA) is 64.4 Å². The van der Waals surface area contributed by atoms with Crippen LogP contribution in [0.1, 0.15) is 30.3 Å². The third-order valence-electron chi connectivity index (χ3n) is 4.19. The third kappa shape index (κ3) is 5.07. The van der Waals surface area contributed by atoms with E-state index in [0.717, 1.165) is 30.7 Å². The van der Waals surface area contributed by atoms with Crippen molar-refractivity contribution in [3.05, 3.63) is 70.3 Å². The Morgan fingerprint density at radius 2 is 1.96 bits per heavy atom. The third-order valence-corrected chi connectivity index (χ3v) is 4.46. The second kappa shape index (κ2) is 9.85. The van der Waals surface area contributed by atoms with E-state index in [9.17, 15) is 0 Å². The Labute approximate surface area is 169 Å². The van der Waals surface area contributed by atoms with Crippen LogP contribution in [-0.4, -0.2) is 34.8 Å². The van der Waals surface area contributed by atoms with Crippen LogP contribution < -0.4 is 9.47 Å². The maximum atomic E-state index is 5.90. The summed E-state index contributed by atoms with van der Waals surface area (Å²) in [6.45, 7) is 2.67. The zero-order chi connectivity index (χ0) is 19.8. The summed E-state index contributed by atoms with van der Waals surface area (Å²) in [7, 11) is 1.63. The van der Waals surface area contributed by atoms with Crippen LogP contribution in [0.25, 0.3) is 0 Å². The van der Waals surface area contributed by atoms with Crippen molar-refractivity contribution in [1.29, 1.82) is 0 Å². The van der Waals surface area contributed by atoms with Crippen molar-refractivity contribution >= 4 is 18.4 Å². The van der Waals surface area contributed by atoms with Gasteiger partial charge in [-0.2, -0.15) is 14.9 Å². The molecule has 0 amide bonds. The highest BCUT2D eigenvalue weighted by molar-refractivity contribution is 7.71. The lowest BCUT2D eigenvalue weighted by molar-refractivity contribution is 0.297. The van der Waals surface area contributed by atoms with E-state index in [0.29, 0.717) is 22.9 Å². The van der Waals surface area contributed by atoms with E-state index in [2.05, 4.69) is 34.4 Å². The van der Waals surface area contributed by atoms with E-state index in [1.54, 1.807) is 18.0 Å². The van der Waals surface area contributed by atoms with Crippen molar-refractivity contribution in [1.82, 2.24) is 14.9 Å². The molecule has 0 bridgehead atoms. The van der Waals surface area contributed by atoms with E-state index in [4.69, 9.17) is 21.7 Å². The second-order valence-electron chi connectivity index (χ2n) is 6.25. The van der Waals surface area contributed by atoms with Gasteiger partial charge in [0, 0.05) is 12.8 Å². The SMILES string of the molecule is CCCc1n[nH]c(=S)n1/N=C/c1ccc(OCCc2ccccc2)c(OC)c1. The average molecular weight is 397 g/mol. The average Bonchev–Trinajstić information content (AvgIpc) is 3.07. The van der Waals surface area contributed by atoms with Crippen LogP contribution in [0, 0.1) is 4.77 Å². The smallest absolute Gasteiger partial charge is 0.216 e. The number of H-pyrrole nitrogens is 1. The summed E-state index contributed by atoms with van der Waals surface area (Å²) < 4.78 is 13.5. The minimum Gasteiger partial charge on any atom is -0.493 e. The summed E-state index contributed by atoms with van der Waals surface area (Å²) in [4.78, 5) is 0. The molecule has 0 radical (unpaired) electrons. The number of aryl methyl sites for hydroxylation is 1. The molecule has 6 nitrogen and oxygen atoms in total. The summed E-state index contributed by atoms with van der Waals surface area (Å²) in [6.07, 6.45) is 4.35. The minimum absolute atomic E-state index is 0.479. The lowest BCUT2D eigenvalue weighted by Crippen LogP contribution is -2.03. The van der Waals surface area contributed by atoms with Gasteiger partial charge >= 0.3 is 0 Å². The molecule has 0 aliphatic rings. The fourth-order valence-electron chi connectivity index (χ4n) is 2.76. The molecule has 1 N–H and O–H groups in total. The summed E-state index contributed by atoms with van der Waals surface area (Å²) in [5.41, 5.74) is 2.13. The van der Waals surface area contributed by atoms with Crippen molar-refractivity contribution in [2.75, 3.05) is 13.7 Å². The second-order valence-corrected chi connectivity index (χ2v) is 6.63. The van der Waals surface area contributed by atoms with Gasteiger partial charge in [-0.1, -0.05) is 37.3 Å². The summed E-state index contributed by atoms with van der Waals surface area (Å²) in [5.74, 6) is 2.19. The Bertz CT molecular complexity index is 980. The molecule has 2 aromatic carbocycles. The van der Waals surface area contributed by atoms with Gasteiger partial charge < -0.3 is 9.47 Å². The predicted octanol–water partition coefficient (Wildman–Crippen LogP) is 4.41. The molecule has 146 valence electrons. The first kappa shape index (κ1) is 19.8. The number of aromatic nitrogens is 3. The molecule has 3 aromatic rings. The first-order chi connectivity index (χ1) is 13.7. The highest BCUT2D eigenvalue weighted by Crippen LogP contribution is 2.27. The lowest BCUT2D eigenvalue weighted by atomic mass is 10.2. The van der Waals surface area contributed by atoms with Gasteiger partial charge in [0.25, 0.3) is 0 Å². The van der Waals surface area contributed by atoms with Gasteiger partial charge in [-0.05, 0) is 48.0 Å². The van der Waals surface area contributed by atoms with Gasteiger partial charge in [-0.25, -0.2) is 0 Å². The van der Waals surface area contributed by atoms with E-state index < -0.39 is 0 Å². The van der Waals surface area contributed by atoms with Crippen molar-refractivity contribution in [2.24, 2.45) is 5.10 Å². The monoisotopic (exact) mass is 396 g/mol. The van der Waals surface area contributed by atoms with Crippen molar-refractivity contribution in [3.63, 3.8) is 0 Å². The van der Waals surface area contributed by atoms with Gasteiger partial charge in [0.15, 0.2) is 17.3 Å². The summed E-state index contributed by atoms with van der Waals surface area (Å²) >= 11 is 5.25. The fourth-order valence-corrected chi connectivity index (χ4v) is 2.96. The maximum absolute atomic E-state index is 5.90. The van der Waals surface area contributed by atoms with Crippen molar-refractivity contribution in [3.8, 4) is 11.5 Å². The number of methoxy groups -OCH3 is 1. The molecule has 1 aromatic heterocycles. The fraction of sp³-hybridized carbons (Fsp3) is 0.286. The Morgan fingerprint density at radius 1 is 1.14 bits per heavy atom. The van der Waals surface area contributed by atoms with Crippen LogP contribution in [-0.2, 0) is 12.8 Å². The highest BCUT2D eigenvalue weighted by Gasteiger charge is 2.07. The minimum atomic E-state index is 0.479. The Morgan fingerprint density at radius 3 is 2.71 bits per heavy atom. The molecule has 3 rings (SSSR count). The number of aromatic amines is 1. The van der Waals surface area contributed by atoms with Crippen LogP contribution in [0.5, 0.6) is 11.5 Å². The number of benzene rings is 2. The van der Waals surface area contributed by atoms with Crippen LogP contribution in [0.2, 0.25) is 0 Å². The number of nitrogens with zero attached hydrogens (tertiary/aromatic N) is 3. The van der Waals surface area contributed by atoms with E-state index in [-0.39, 0.29) is 0 Å². The molecule has 28 heavy (non-hydrogen) atoms. The highest BCUT2D eigenvalue weighted by atomic mass is 32.1. The molecule has 7 heteroatoms. The number of ether oxygens (including phenoxy) is 2. The van der Waals surface area contributed by atoms with Crippen LogP contribution in [0.15, 0.2) is 53.6 Å². The number of nitrogens with one attached hydrogen (secondary N) is 1. The molecule has 0 saturated carbocycles. The van der Waals surface area contributed by atoms with E-state index in [1.165, 1.54) is 5.56 Å². The molecular weight excluding hydrogens is 372 g/mol. The molecule has 0 fully saturated rings. The molecule has 0 spiro atoms. The van der Waals surface area contributed by atoms with Gasteiger partial charge in [-0.15, -0.1) is 0 Å². The van der Waals surface area contributed by atoms with Crippen molar-refractivity contribution < 1.29 is 9.47 Å². The number of hydrogen-bond donors (Lipinski definition) is 1. The lowest BCUT2D eigenvalue weighted by Gasteiger charge is -2.11. The molecule has 0 aliphatic heterocycles. The Balaban J connectivity index is 1.69. The van der Waals surface area contributed by atoms with Crippen molar-refractivity contribution in [2.45, 2.75) is 26.2 Å². The Kier molecular flexibility index (Phi) is 6.97.